The quantitative estimate of drug-likeness (QED) is 0.401. The molecule has 0 radical (unpaired) electrons. The van der Waals surface area contributed by atoms with E-state index in [4.69, 9.17) is 0 Å². The molecule has 0 heteroatoms. The molecule has 2 aliphatic rings. The number of allylic oxidation sites excluding steroid dienone is 1. The van der Waals surface area contributed by atoms with Crippen LogP contribution in [-0.4, -0.2) is 0 Å². The maximum absolute atomic E-state index is 4.41. The van der Waals surface area contributed by atoms with Crippen molar-refractivity contribution in [1.29, 1.82) is 0 Å². The van der Waals surface area contributed by atoms with Crippen LogP contribution in [0.4, 0.5) is 0 Å². The van der Waals surface area contributed by atoms with Gasteiger partial charge in [0.25, 0.3) is 0 Å². The third-order valence-corrected chi connectivity index (χ3v) is 8.43. The first-order chi connectivity index (χ1) is 12.3. The second kappa shape index (κ2) is 9.79. The Morgan fingerprint density at radius 3 is 1.65 bits per heavy atom. The Morgan fingerprint density at radius 2 is 1.23 bits per heavy atom. The largest absolute Gasteiger partial charge is 0.103 e. The van der Waals surface area contributed by atoms with Gasteiger partial charge in [-0.25, -0.2) is 0 Å². The summed E-state index contributed by atoms with van der Waals surface area (Å²) < 4.78 is 0. The molecule has 152 valence electrons. The van der Waals surface area contributed by atoms with Crippen molar-refractivity contribution < 1.29 is 0 Å². The summed E-state index contributed by atoms with van der Waals surface area (Å²) in [5.41, 5.74) is 0. The first kappa shape index (κ1) is 22.0. The molecule has 0 bridgehead atoms. The van der Waals surface area contributed by atoms with Gasteiger partial charge in [0, 0.05) is 0 Å². The smallest absolute Gasteiger partial charge is 0.0174 e. The second-order valence-corrected chi connectivity index (χ2v) is 10.9. The number of rotatable bonds is 7. The zero-order valence-electron chi connectivity index (χ0n) is 19.0. The fraction of sp³-hybridized carbons (Fsp3) is 0.923. The van der Waals surface area contributed by atoms with Gasteiger partial charge in [-0.3, -0.25) is 0 Å². The van der Waals surface area contributed by atoms with Crippen LogP contribution >= 0.6 is 0 Å². The van der Waals surface area contributed by atoms with Crippen molar-refractivity contribution in [2.45, 2.75) is 93.4 Å². The van der Waals surface area contributed by atoms with Crippen LogP contribution in [0.3, 0.4) is 0 Å². The van der Waals surface area contributed by atoms with Crippen LogP contribution in [0.15, 0.2) is 12.7 Å². The van der Waals surface area contributed by atoms with Crippen molar-refractivity contribution in [2.75, 3.05) is 0 Å². The lowest BCUT2D eigenvalue weighted by atomic mass is 9.56. The van der Waals surface area contributed by atoms with Crippen molar-refractivity contribution in [1.82, 2.24) is 0 Å². The molecule has 0 aromatic rings. The van der Waals surface area contributed by atoms with E-state index in [1.54, 1.807) is 0 Å². The zero-order chi connectivity index (χ0) is 19.4. The van der Waals surface area contributed by atoms with E-state index in [1.807, 2.05) is 0 Å². The molecule has 2 fully saturated rings. The average Bonchev–Trinajstić information content (AvgIpc) is 2.58. The fourth-order valence-corrected chi connectivity index (χ4v) is 7.01. The number of hydrogen-bond acceptors (Lipinski definition) is 0. The lowest BCUT2D eigenvalue weighted by Crippen LogP contribution is -2.41. The van der Waals surface area contributed by atoms with Crippen molar-refractivity contribution in [3.05, 3.63) is 12.7 Å². The normalized spacial score (nSPS) is 38.3. The third-order valence-electron chi connectivity index (χ3n) is 8.43. The van der Waals surface area contributed by atoms with E-state index in [9.17, 15) is 0 Å². The zero-order valence-corrected chi connectivity index (χ0v) is 19.0. The van der Waals surface area contributed by atoms with E-state index >= 15 is 0 Å². The van der Waals surface area contributed by atoms with Gasteiger partial charge in [0.15, 0.2) is 0 Å². The fourth-order valence-electron chi connectivity index (χ4n) is 7.01. The number of hydrogen-bond donors (Lipinski definition) is 0. The molecule has 0 N–H and O–H groups in total. The Kier molecular flexibility index (Phi) is 8.30. The summed E-state index contributed by atoms with van der Waals surface area (Å²) in [6, 6.07) is 0. The van der Waals surface area contributed by atoms with Crippen LogP contribution in [0.25, 0.3) is 0 Å². The molecule has 0 aliphatic heterocycles. The Hall–Kier alpha value is -0.260. The molecule has 8 unspecified atom stereocenters. The lowest BCUT2D eigenvalue weighted by molar-refractivity contribution is 0.0191. The summed E-state index contributed by atoms with van der Waals surface area (Å²) in [5.74, 6) is 8.66. The molecule has 0 aromatic heterocycles. The van der Waals surface area contributed by atoms with Crippen molar-refractivity contribution in [2.24, 2.45) is 59.2 Å². The van der Waals surface area contributed by atoms with Crippen molar-refractivity contribution >= 4 is 0 Å². The summed E-state index contributed by atoms with van der Waals surface area (Å²) in [6.45, 7) is 21.7. The summed E-state index contributed by atoms with van der Waals surface area (Å²) >= 11 is 0. The van der Waals surface area contributed by atoms with E-state index in [0.717, 1.165) is 59.2 Å². The summed E-state index contributed by atoms with van der Waals surface area (Å²) in [4.78, 5) is 0. The van der Waals surface area contributed by atoms with Crippen molar-refractivity contribution in [3.63, 3.8) is 0 Å². The summed E-state index contributed by atoms with van der Waals surface area (Å²) in [7, 11) is 0. The van der Waals surface area contributed by atoms with Crippen LogP contribution in [0.1, 0.15) is 93.4 Å². The molecule has 2 aliphatic carbocycles. The van der Waals surface area contributed by atoms with Crippen LogP contribution in [0.5, 0.6) is 0 Å². The molecule has 0 nitrogen and oxygen atoms in total. The molecule has 2 saturated carbocycles. The van der Waals surface area contributed by atoms with E-state index < -0.39 is 0 Å². The van der Waals surface area contributed by atoms with Crippen LogP contribution < -0.4 is 0 Å². The highest BCUT2D eigenvalue weighted by Gasteiger charge is 2.43. The maximum atomic E-state index is 4.41. The topological polar surface area (TPSA) is 0 Å². The highest BCUT2D eigenvalue weighted by molar-refractivity contribution is 4.99. The third kappa shape index (κ3) is 4.96. The Balaban J connectivity index is 2.29. The molecule has 0 amide bonds. The Labute approximate surface area is 165 Å². The van der Waals surface area contributed by atoms with Gasteiger partial charge in [0.2, 0.25) is 0 Å². The van der Waals surface area contributed by atoms with Crippen LogP contribution in [-0.2, 0) is 0 Å². The van der Waals surface area contributed by atoms with Gasteiger partial charge in [-0.2, -0.15) is 0 Å². The molecule has 0 spiro atoms. The van der Waals surface area contributed by atoms with Gasteiger partial charge in [0.1, 0.15) is 0 Å². The maximum Gasteiger partial charge on any atom is -0.0174 e. The standard InChI is InChI=1S/C26H48/c1-9-21(25-15-19(7)11-13-23(25)17(3)4)22(10-2)26-16-20(8)12-14-24(26)18(5)6/h9,17-26H,1,10-16H2,2-8H3. The van der Waals surface area contributed by atoms with Crippen molar-refractivity contribution in [3.8, 4) is 0 Å². The van der Waals surface area contributed by atoms with E-state index in [1.165, 1.54) is 44.9 Å². The molecule has 0 heterocycles. The second-order valence-electron chi connectivity index (χ2n) is 10.9. The van der Waals surface area contributed by atoms with E-state index in [2.05, 4.69) is 61.1 Å². The minimum absolute atomic E-state index is 0.728. The lowest BCUT2D eigenvalue weighted by Gasteiger charge is -2.49. The predicted octanol–water partition coefficient (Wildman–Crippen LogP) is 8.23. The van der Waals surface area contributed by atoms with Crippen LogP contribution in [0, 0.1) is 59.2 Å². The monoisotopic (exact) mass is 360 g/mol. The highest BCUT2D eigenvalue weighted by Crippen LogP contribution is 2.51. The first-order valence-electron chi connectivity index (χ1n) is 11.9. The molecule has 26 heavy (non-hydrogen) atoms. The summed E-state index contributed by atoms with van der Waals surface area (Å²) in [6.07, 6.45) is 12.4. The van der Waals surface area contributed by atoms with Gasteiger partial charge >= 0.3 is 0 Å². The minimum atomic E-state index is 0.728. The molecular formula is C26H48. The summed E-state index contributed by atoms with van der Waals surface area (Å²) in [5, 5.41) is 0. The molecular weight excluding hydrogens is 312 g/mol. The van der Waals surface area contributed by atoms with Gasteiger partial charge in [-0.1, -0.05) is 73.8 Å². The Morgan fingerprint density at radius 1 is 0.769 bits per heavy atom. The van der Waals surface area contributed by atoms with Gasteiger partial charge in [-0.05, 0) is 84.9 Å². The van der Waals surface area contributed by atoms with Gasteiger partial charge in [-0.15, -0.1) is 6.58 Å². The molecule has 8 atom stereocenters. The Bertz CT molecular complexity index is 420. The van der Waals surface area contributed by atoms with E-state index in [0.29, 0.717) is 0 Å². The molecule has 2 rings (SSSR count). The average molecular weight is 361 g/mol. The minimum Gasteiger partial charge on any atom is -0.103 e. The molecule has 0 aromatic carbocycles. The predicted molar refractivity (Wildman–Crippen MR) is 117 cm³/mol. The van der Waals surface area contributed by atoms with Gasteiger partial charge < -0.3 is 0 Å². The van der Waals surface area contributed by atoms with Crippen LogP contribution in [0.2, 0.25) is 0 Å². The molecule has 0 saturated heterocycles. The van der Waals surface area contributed by atoms with Gasteiger partial charge in [0.05, 0.1) is 0 Å². The SMILES string of the molecule is C=CC(C1CC(C)CCC1C(C)C)C(CC)C1CC(C)CCC1C(C)C. The van der Waals surface area contributed by atoms with E-state index in [-0.39, 0.29) is 0 Å². The highest BCUT2D eigenvalue weighted by atomic mass is 14.5. The first-order valence-corrected chi connectivity index (χ1v) is 11.9.